The smallest absolute Gasteiger partial charge is 0.327 e. The van der Waals surface area contributed by atoms with Gasteiger partial charge in [0.25, 0.3) is 0 Å². The Morgan fingerprint density at radius 1 is 0.971 bits per heavy atom. The molecule has 2 aromatic rings. The van der Waals surface area contributed by atoms with Gasteiger partial charge in [-0.25, -0.2) is 4.79 Å². The number of aromatic nitrogens is 1. The number of hydrogen-bond acceptors (Lipinski definition) is 6. The lowest BCUT2D eigenvalue weighted by Crippen LogP contribution is -2.57. The Morgan fingerprint density at radius 2 is 1.56 bits per heavy atom. The number of carboxylic acid groups (broad SMARTS) is 1. The first-order chi connectivity index (χ1) is 16.0. The molecule has 1 heterocycles. The van der Waals surface area contributed by atoms with Crippen LogP contribution in [0.3, 0.4) is 0 Å². The molecule has 7 N–H and O–H groups in total. The van der Waals surface area contributed by atoms with Gasteiger partial charge in [0, 0.05) is 29.3 Å². The summed E-state index contributed by atoms with van der Waals surface area (Å²) in [7, 11) is 0. The van der Waals surface area contributed by atoms with Crippen LogP contribution in [0.25, 0.3) is 10.9 Å². The molecule has 0 aliphatic rings. The van der Waals surface area contributed by atoms with Gasteiger partial charge in [0.1, 0.15) is 18.1 Å². The van der Waals surface area contributed by atoms with E-state index >= 15 is 0 Å². The van der Waals surface area contributed by atoms with Crippen molar-refractivity contribution in [3.63, 3.8) is 0 Å². The van der Waals surface area contributed by atoms with E-state index in [1.54, 1.807) is 6.20 Å². The molecule has 0 aliphatic carbocycles. The lowest BCUT2D eigenvalue weighted by atomic mass is 10.0. The van der Waals surface area contributed by atoms with E-state index in [0.717, 1.165) is 16.5 Å². The highest BCUT2D eigenvalue weighted by Gasteiger charge is 2.30. The number of rotatable bonds is 12. The van der Waals surface area contributed by atoms with Crippen molar-refractivity contribution in [1.82, 2.24) is 20.9 Å². The maximum Gasteiger partial charge on any atom is 0.327 e. The van der Waals surface area contributed by atoms with E-state index in [0.29, 0.717) is 0 Å². The quantitative estimate of drug-likeness (QED) is 0.214. The van der Waals surface area contributed by atoms with E-state index in [4.69, 9.17) is 5.73 Å². The Balaban J connectivity index is 2.26. The maximum absolute atomic E-state index is 13.3. The maximum atomic E-state index is 13.3. The van der Waals surface area contributed by atoms with E-state index in [9.17, 15) is 24.3 Å². The summed E-state index contributed by atoms with van der Waals surface area (Å²) in [5.74, 6) is -3.01. The van der Waals surface area contributed by atoms with E-state index in [2.05, 4.69) is 33.6 Å². The summed E-state index contributed by atoms with van der Waals surface area (Å²) < 4.78 is 0. The number of nitrogens with one attached hydrogen (secondary N) is 4. The first-order valence-electron chi connectivity index (χ1n) is 11.1. The van der Waals surface area contributed by atoms with Gasteiger partial charge in [-0.3, -0.25) is 14.4 Å². The summed E-state index contributed by atoms with van der Waals surface area (Å²) in [6, 6.07) is 3.54. The number of carboxylic acids is 1. The summed E-state index contributed by atoms with van der Waals surface area (Å²) in [4.78, 5) is 52.8. The van der Waals surface area contributed by atoms with Crippen molar-refractivity contribution in [3.05, 3.63) is 36.0 Å². The number of benzene rings is 1. The molecule has 0 saturated carbocycles. The zero-order valence-corrected chi connectivity index (χ0v) is 20.4. The van der Waals surface area contributed by atoms with Gasteiger partial charge in [0.15, 0.2) is 0 Å². The first kappa shape index (κ1) is 27.2. The van der Waals surface area contributed by atoms with Crippen LogP contribution in [0.2, 0.25) is 0 Å². The Bertz CT molecular complexity index is 1020. The SMILES string of the molecule is CC(C)CC(NC(=O)C(Cc1c[nH]c2ccccc12)NC(=O)C(C)N)C(=O)NC(CS)C(=O)O. The molecule has 186 valence electrons. The van der Waals surface area contributed by atoms with Crippen LogP contribution in [-0.2, 0) is 25.6 Å². The number of aliphatic carboxylic acids is 1. The molecule has 1 aromatic heterocycles. The molecule has 0 radical (unpaired) electrons. The first-order valence-corrected chi connectivity index (χ1v) is 11.7. The highest BCUT2D eigenvalue weighted by Crippen LogP contribution is 2.19. The fourth-order valence-electron chi connectivity index (χ4n) is 3.47. The van der Waals surface area contributed by atoms with Crippen molar-refractivity contribution in [3.8, 4) is 0 Å². The van der Waals surface area contributed by atoms with Crippen LogP contribution in [0.15, 0.2) is 30.5 Å². The Morgan fingerprint density at radius 3 is 2.15 bits per heavy atom. The van der Waals surface area contributed by atoms with Crippen LogP contribution in [0, 0.1) is 5.92 Å². The highest BCUT2D eigenvalue weighted by atomic mass is 32.1. The number of para-hydroxylation sites is 1. The van der Waals surface area contributed by atoms with Crippen LogP contribution < -0.4 is 21.7 Å². The normalized spacial score (nSPS) is 14.8. The Labute approximate surface area is 203 Å². The number of nitrogens with two attached hydrogens (primary N) is 1. The second-order valence-corrected chi connectivity index (χ2v) is 9.05. The molecule has 4 atom stereocenters. The molecular weight excluding hydrogens is 458 g/mol. The molecule has 1 aromatic carbocycles. The van der Waals surface area contributed by atoms with Crippen molar-refractivity contribution in [1.29, 1.82) is 0 Å². The van der Waals surface area contributed by atoms with Crippen molar-refractivity contribution in [2.24, 2.45) is 11.7 Å². The summed E-state index contributed by atoms with van der Waals surface area (Å²) in [5.41, 5.74) is 7.38. The number of carbonyl (C=O) groups excluding carboxylic acids is 3. The summed E-state index contributed by atoms with van der Waals surface area (Å²) in [6.45, 7) is 5.26. The zero-order chi connectivity index (χ0) is 25.4. The molecule has 0 saturated heterocycles. The molecule has 2 rings (SSSR count). The Hall–Kier alpha value is -3.05. The summed E-state index contributed by atoms with van der Waals surface area (Å²) in [5, 5.41) is 17.9. The molecule has 0 fully saturated rings. The van der Waals surface area contributed by atoms with Crippen LogP contribution in [0.4, 0.5) is 0 Å². The van der Waals surface area contributed by atoms with E-state index in [-0.39, 0.29) is 24.5 Å². The van der Waals surface area contributed by atoms with Crippen LogP contribution in [0.5, 0.6) is 0 Å². The lowest BCUT2D eigenvalue weighted by Gasteiger charge is -2.25. The molecular formula is C23H33N5O5S. The topological polar surface area (TPSA) is 166 Å². The minimum Gasteiger partial charge on any atom is -0.480 e. The van der Waals surface area contributed by atoms with Gasteiger partial charge in [-0.05, 0) is 30.9 Å². The van der Waals surface area contributed by atoms with Crippen molar-refractivity contribution < 1.29 is 24.3 Å². The average molecular weight is 492 g/mol. The largest absolute Gasteiger partial charge is 0.480 e. The van der Waals surface area contributed by atoms with E-state index in [1.807, 2.05) is 38.1 Å². The van der Waals surface area contributed by atoms with Gasteiger partial charge in [0.2, 0.25) is 17.7 Å². The molecule has 0 spiro atoms. The number of thiol groups is 1. The fraction of sp³-hybridized carbons (Fsp3) is 0.478. The van der Waals surface area contributed by atoms with E-state index < -0.39 is 47.9 Å². The lowest BCUT2D eigenvalue weighted by molar-refractivity contribution is -0.141. The molecule has 4 unspecified atom stereocenters. The molecule has 34 heavy (non-hydrogen) atoms. The second kappa shape index (κ2) is 12.4. The van der Waals surface area contributed by atoms with Gasteiger partial charge in [0.05, 0.1) is 6.04 Å². The van der Waals surface area contributed by atoms with E-state index in [1.165, 1.54) is 6.92 Å². The third-order valence-corrected chi connectivity index (χ3v) is 5.65. The monoisotopic (exact) mass is 491 g/mol. The van der Waals surface area contributed by atoms with Gasteiger partial charge in [-0.15, -0.1) is 0 Å². The predicted molar refractivity (Wildman–Crippen MR) is 132 cm³/mol. The van der Waals surface area contributed by atoms with Crippen LogP contribution in [-0.4, -0.2) is 63.7 Å². The molecule has 0 bridgehead atoms. The van der Waals surface area contributed by atoms with Gasteiger partial charge in [-0.2, -0.15) is 12.6 Å². The fourth-order valence-corrected chi connectivity index (χ4v) is 3.71. The minimum atomic E-state index is -1.22. The van der Waals surface area contributed by atoms with Crippen molar-refractivity contribution in [2.45, 2.75) is 57.8 Å². The molecule has 10 nitrogen and oxygen atoms in total. The number of hydrogen-bond donors (Lipinski definition) is 7. The van der Waals surface area contributed by atoms with Crippen molar-refractivity contribution >= 4 is 47.2 Å². The highest BCUT2D eigenvalue weighted by molar-refractivity contribution is 7.80. The number of fused-ring (bicyclic) bond motifs is 1. The third kappa shape index (κ3) is 7.49. The zero-order valence-electron chi connectivity index (χ0n) is 19.5. The molecule has 0 aliphatic heterocycles. The minimum absolute atomic E-state index is 0.0288. The molecule has 3 amide bonds. The third-order valence-electron chi connectivity index (χ3n) is 5.28. The number of carbonyl (C=O) groups is 4. The van der Waals surface area contributed by atoms with Crippen LogP contribution in [0.1, 0.15) is 32.8 Å². The van der Waals surface area contributed by atoms with Gasteiger partial charge >= 0.3 is 5.97 Å². The number of amides is 3. The van der Waals surface area contributed by atoms with Crippen LogP contribution >= 0.6 is 12.6 Å². The number of aromatic amines is 1. The molecule has 11 heteroatoms. The van der Waals surface area contributed by atoms with Gasteiger partial charge in [-0.1, -0.05) is 32.0 Å². The standard InChI is InChI=1S/C23H33N5O5S/c1-12(2)8-17(21(30)28-19(11-34)23(32)33)27-22(31)18(26-20(29)13(3)24)9-14-10-25-16-7-5-4-6-15(14)16/h4-7,10,12-13,17-19,25,34H,8-9,11,24H2,1-3H3,(H,26,29)(H,27,31)(H,28,30)(H,32,33). The average Bonchev–Trinajstić information content (AvgIpc) is 3.18. The van der Waals surface area contributed by atoms with Gasteiger partial charge < -0.3 is 31.8 Å². The number of H-pyrrole nitrogens is 1. The predicted octanol–water partition coefficient (Wildman–Crippen LogP) is 0.573. The summed E-state index contributed by atoms with van der Waals surface area (Å²) >= 11 is 3.96. The van der Waals surface area contributed by atoms with Crippen molar-refractivity contribution in [2.75, 3.05) is 5.75 Å². The summed E-state index contributed by atoms with van der Waals surface area (Å²) in [6.07, 6.45) is 2.21. The Kier molecular flexibility index (Phi) is 9.94. The second-order valence-electron chi connectivity index (χ2n) is 8.69.